The summed E-state index contributed by atoms with van der Waals surface area (Å²) >= 11 is 0. The maximum atomic E-state index is 12.6. The summed E-state index contributed by atoms with van der Waals surface area (Å²) in [5.74, 6) is 0.778. The maximum absolute atomic E-state index is 12.6. The third kappa shape index (κ3) is 8.23. The molecule has 1 amide bonds. The van der Waals surface area contributed by atoms with Crippen LogP contribution >= 0.6 is 0 Å². The van der Waals surface area contributed by atoms with Crippen molar-refractivity contribution in [3.8, 4) is 11.4 Å². The van der Waals surface area contributed by atoms with E-state index in [-0.39, 0.29) is 36.5 Å². The minimum absolute atomic E-state index is 0.0623. The molecule has 8 nitrogen and oxygen atoms in total. The van der Waals surface area contributed by atoms with Gasteiger partial charge in [0.2, 0.25) is 5.82 Å². The van der Waals surface area contributed by atoms with E-state index < -0.39 is 11.7 Å². The summed E-state index contributed by atoms with van der Waals surface area (Å²) < 4.78 is 5.48. The molecule has 0 N–H and O–H groups in total. The van der Waals surface area contributed by atoms with Crippen molar-refractivity contribution in [2.45, 2.75) is 66.5 Å². The number of amides is 1. The molecular formula is C22H31N5O3. The molecule has 0 radical (unpaired) electrons. The highest BCUT2D eigenvalue weighted by molar-refractivity contribution is 5.79. The highest BCUT2D eigenvalue weighted by Gasteiger charge is 2.25. The van der Waals surface area contributed by atoms with Crippen LogP contribution in [0.4, 0.5) is 4.79 Å². The number of nitrogens with zero attached hydrogens (tertiary/aromatic N) is 5. The molecule has 162 valence electrons. The average Bonchev–Trinajstić information content (AvgIpc) is 2.63. The number of hydrogen-bond donors (Lipinski definition) is 0. The van der Waals surface area contributed by atoms with Crippen molar-refractivity contribution < 1.29 is 14.3 Å². The molecular weight excluding hydrogens is 382 g/mol. The van der Waals surface area contributed by atoms with Gasteiger partial charge in [-0.2, -0.15) is 0 Å². The Kier molecular flexibility index (Phi) is 7.59. The summed E-state index contributed by atoms with van der Waals surface area (Å²) in [5.41, 5.74) is 0.0537. The molecule has 2 aromatic rings. The first kappa shape index (κ1) is 23.4. The van der Waals surface area contributed by atoms with E-state index >= 15 is 0 Å². The fraction of sp³-hybridized carbons (Fsp3) is 0.545. The van der Waals surface area contributed by atoms with E-state index in [4.69, 9.17) is 4.74 Å². The summed E-state index contributed by atoms with van der Waals surface area (Å²) in [5, 5.41) is 16.4. The van der Waals surface area contributed by atoms with Crippen LogP contribution in [0.3, 0.4) is 0 Å². The van der Waals surface area contributed by atoms with Crippen molar-refractivity contribution in [2.75, 3.05) is 6.54 Å². The lowest BCUT2D eigenvalue weighted by Gasteiger charge is -2.27. The van der Waals surface area contributed by atoms with Gasteiger partial charge in [0.15, 0.2) is 5.82 Å². The van der Waals surface area contributed by atoms with Gasteiger partial charge >= 0.3 is 6.09 Å². The molecule has 0 saturated carbocycles. The first-order valence-electron chi connectivity index (χ1n) is 10.0. The molecule has 0 spiro atoms. The highest BCUT2D eigenvalue weighted by Crippen LogP contribution is 2.20. The Hall–Kier alpha value is -2.90. The molecule has 2 rings (SSSR count). The highest BCUT2D eigenvalue weighted by atomic mass is 16.6. The van der Waals surface area contributed by atoms with Crippen LogP contribution in [0, 0.1) is 5.41 Å². The molecule has 8 heteroatoms. The predicted molar refractivity (Wildman–Crippen MR) is 113 cm³/mol. The summed E-state index contributed by atoms with van der Waals surface area (Å²) in [6.07, 6.45) is 0.154. The number of ether oxygens (including phenoxy) is 1. The van der Waals surface area contributed by atoms with E-state index in [2.05, 4.69) is 20.4 Å². The van der Waals surface area contributed by atoms with E-state index in [0.29, 0.717) is 12.2 Å². The molecule has 0 aliphatic rings. The van der Waals surface area contributed by atoms with Gasteiger partial charge in [-0.15, -0.1) is 20.4 Å². The summed E-state index contributed by atoms with van der Waals surface area (Å²) in [7, 11) is 0. The van der Waals surface area contributed by atoms with Gasteiger partial charge in [-0.05, 0) is 26.2 Å². The van der Waals surface area contributed by atoms with Crippen molar-refractivity contribution in [2.24, 2.45) is 5.41 Å². The van der Waals surface area contributed by atoms with Crippen LogP contribution in [0.2, 0.25) is 0 Å². The van der Waals surface area contributed by atoms with Crippen molar-refractivity contribution >= 4 is 11.9 Å². The van der Waals surface area contributed by atoms with Gasteiger partial charge in [-0.25, -0.2) is 4.79 Å². The van der Waals surface area contributed by atoms with Crippen molar-refractivity contribution in [1.82, 2.24) is 25.3 Å². The zero-order valence-electron chi connectivity index (χ0n) is 18.7. The zero-order valence-corrected chi connectivity index (χ0v) is 18.7. The normalized spacial score (nSPS) is 11.8. The van der Waals surface area contributed by atoms with E-state index in [0.717, 1.165) is 5.56 Å². The fourth-order valence-electron chi connectivity index (χ4n) is 2.69. The van der Waals surface area contributed by atoms with Gasteiger partial charge in [0, 0.05) is 24.9 Å². The Bertz CT molecular complexity index is 840. The van der Waals surface area contributed by atoms with Gasteiger partial charge in [0.1, 0.15) is 11.4 Å². The Morgan fingerprint density at radius 1 is 0.933 bits per heavy atom. The van der Waals surface area contributed by atoms with Gasteiger partial charge in [0.25, 0.3) is 0 Å². The molecule has 0 aliphatic heterocycles. The SMILES string of the molecule is CC(C)(C)CC(=O)CCN(Cc1nnc(-c2ccccc2)nn1)C(=O)OC(C)(C)C. The summed E-state index contributed by atoms with van der Waals surface area (Å²) in [6, 6.07) is 9.40. The number of rotatable bonds is 7. The molecule has 30 heavy (non-hydrogen) atoms. The Labute approximate surface area is 178 Å². The second kappa shape index (κ2) is 9.73. The molecule has 0 fully saturated rings. The molecule has 1 aromatic carbocycles. The third-order valence-electron chi connectivity index (χ3n) is 3.92. The van der Waals surface area contributed by atoms with Gasteiger partial charge in [-0.3, -0.25) is 4.79 Å². The average molecular weight is 414 g/mol. The topological polar surface area (TPSA) is 98.2 Å². The van der Waals surface area contributed by atoms with Gasteiger partial charge in [0.05, 0.1) is 6.54 Å². The molecule has 1 aromatic heterocycles. The van der Waals surface area contributed by atoms with E-state index in [1.54, 1.807) is 20.8 Å². The number of aromatic nitrogens is 4. The second-order valence-electron chi connectivity index (χ2n) is 9.43. The van der Waals surface area contributed by atoms with Crippen LogP contribution in [0.25, 0.3) is 11.4 Å². The lowest BCUT2D eigenvalue weighted by atomic mass is 9.89. The molecule has 0 atom stereocenters. The summed E-state index contributed by atoms with van der Waals surface area (Å²) in [4.78, 5) is 26.4. The lowest BCUT2D eigenvalue weighted by molar-refractivity contribution is -0.121. The number of Topliss-reactive ketones (excluding diaryl/α,β-unsaturated/α-hetero) is 1. The Morgan fingerprint density at radius 3 is 2.07 bits per heavy atom. The first-order chi connectivity index (χ1) is 13.9. The summed E-state index contributed by atoms with van der Waals surface area (Å²) in [6.45, 7) is 11.7. The lowest BCUT2D eigenvalue weighted by Crippen LogP contribution is -2.38. The largest absolute Gasteiger partial charge is 0.444 e. The van der Waals surface area contributed by atoms with Crippen molar-refractivity contribution in [3.63, 3.8) is 0 Å². The fourth-order valence-corrected chi connectivity index (χ4v) is 2.69. The number of hydrogen-bond acceptors (Lipinski definition) is 7. The first-order valence-corrected chi connectivity index (χ1v) is 10.0. The standard InChI is InChI=1S/C22H31N5O3/c1-21(2,3)14-17(28)12-13-27(20(29)30-22(4,5)6)15-18-23-25-19(26-24-18)16-10-8-7-9-11-16/h7-11H,12-15H2,1-6H3. The van der Waals surface area contributed by atoms with Crippen LogP contribution in [0.5, 0.6) is 0 Å². The van der Waals surface area contributed by atoms with Gasteiger partial charge < -0.3 is 9.64 Å². The Morgan fingerprint density at radius 2 is 1.53 bits per heavy atom. The number of carbonyl (C=O) groups excluding carboxylic acids is 2. The minimum atomic E-state index is -0.653. The smallest absolute Gasteiger partial charge is 0.410 e. The van der Waals surface area contributed by atoms with E-state index in [9.17, 15) is 9.59 Å². The van der Waals surface area contributed by atoms with Crippen LogP contribution in [0.1, 0.15) is 60.2 Å². The molecule has 0 saturated heterocycles. The molecule has 0 bridgehead atoms. The van der Waals surface area contributed by atoms with Crippen LogP contribution < -0.4 is 0 Å². The molecule has 0 aliphatic carbocycles. The number of benzene rings is 1. The monoisotopic (exact) mass is 413 g/mol. The minimum Gasteiger partial charge on any atom is -0.444 e. The van der Waals surface area contributed by atoms with Crippen molar-refractivity contribution in [3.05, 3.63) is 36.2 Å². The van der Waals surface area contributed by atoms with Crippen LogP contribution in [-0.2, 0) is 16.1 Å². The van der Waals surface area contributed by atoms with E-state index in [1.165, 1.54) is 4.90 Å². The quantitative estimate of drug-likeness (QED) is 0.675. The van der Waals surface area contributed by atoms with Crippen LogP contribution in [-0.4, -0.2) is 49.3 Å². The number of ketones is 1. The Balaban J connectivity index is 2.10. The van der Waals surface area contributed by atoms with Crippen LogP contribution in [0.15, 0.2) is 30.3 Å². The maximum Gasteiger partial charge on any atom is 0.410 e. The van der Waals surface area contributed by atoms with Gasteiger partial charge in [-0.1, -0.05) is 51.1 Å². The van der Waals surface area contributed by atoms with E-state index in [1.807, 2.05) is 51.1 Å². The molecule has 1 heterocycles. The van der Waals surface area contributed by atoms with Crippen molar-refractivity contribution in [1.29, 1.82) is 0 Å². The predicted octanol–water partition coefficient (Wildman–Crippen LogP) is 4.07. The second-order valence-corrected chi connectivity index (χ2v) is 9.43. The third-order valence-corrected chi connectivity index (χ3v) is 3.92. The number of carbonyl (C=O) groups is 2. The zero-order chi connectivity index (χ0) is 22.4. The molecule has 0 unspecified atom stereocenters.